The second-order valence-corrected chi connectivity index (χ2v) is 17.3. The van der Waals surface area contributed by atoms with Gasteiger partial charge in [-0.3, -0.25) is 0 Å². The Bertz CT molecular complexity index is 2820. The van der Waals surface area contributed by atoms with Gasteiger partial charge in [-0.2, -0.15) is 0 Å². The van der Waals surface area contributed by atoms with E-state index in [1.54, 1.807) is 134 Å². The topological polar surface area (TPSA) is 187 Å². The number of hydrogen-bond acceptors (Lipinski definition) is 16. The number of carbonyl (C=O) groups is 5. The quantitative estimate of drug-likeness (QED) is 0.0298. The van der Waals surface area contributed by atoms with E-state index in [1.165, 1.54) is 28.4 Å². The first-order valence-corrected chi connectivity index (χ1v) is 24.0. The number of hydrogen-bond donors (Lipinski definition) is 0. The second-order valence-electron chi connectivity index (χ2n) is 17.3. The molecule has 16 nitrogen and oxygen atoms in total. The Kier molecular flexibility index (Phi) is 19.4. The third-order valence-electron chi connectivity index (χ3n) is 11.5. The number of ether oxygens (including phenoxy) is 11. The number of methoxy groups -OCH3 is 4. The van der Waals surface area contributed by atoms with Gasteiger partial charge in [-0.25, -0.2) is 24.0 Å². The zero-order valence-electron chi connectivity index (χ0n) is 43.1. The zero-order chi connectivity index (χ0) is 54.7. The Hall–Kier alpha value is -9.57. The summed E-state index contributed by atoms with van der Waals surface area (Å²) in [7, 11) is 5.29. The van der Waals surface area contributed by atoms with E-state index < -0.39 is 29.8 Å². The zero-order valence-corrected chi connectivity index (χ0v) is 43.1. The summed E-state index contributed by atoms with van der Waals surface area (Å²) in [6, 6.07) is 43.5. The fourth-order valence-electron chi connectivity index (χ4n) is 7.33. The standard InChI is InChI=1S/C61H56O16/c1-39(2)57(62)77-38-46-27-55(75-36-44-23-51(71-32-40-7-15-47(16-8-40)58(63)67-3)29-52(24-44)72-33-41-9-17-48(18-10-41)59(64)68-4)31-56(28-46)76-37-45-25-53(73-34-42-11-19-49(20-12-42)60(65)69-5)30-54(26-45)74-35-43-13-21-50(22-14-43)61(66)70-6/h7-31H,1,32-38H2,2-6H3. The van der Waals surface area contributed by atoms with E-state index in [0.29, 0.717) is 73.4 Å². The lowest BCUT2D eigenvalue weighted by molar-refractivity contribution is -0.140. The smallest absolute Gasteiger partial charge is 0.337 e. The summed E-state index contributed by atoms with van der Waals surface area (Å²) in [5.41, 5.74) is 7.04. The molecule has 7 aromatic carbocycles. The fraction of sp³-hybridized carbons (Fsp3) is 0.197. The number of rotatable bonds is 25. The van der Waals surface area contributed by atoms with Gasteiger partial charge in [-0.1, -0.05) is 55.1 Å². The van der Waals surface area contributed by atoms with E-state index in [0.717, 1.165) is 22.3 Å². The van der Waals surface area contributed by atoms with Crippen LogP contribution >= 0.6 is 0 Å². The molecule has 0 saturated carbocycles. The van der Waals surface area contributed by atoms with Crippen LogP contribution in [0.3, 0.4) is 0 Å². The lowest BCUT2D eigenvalue weighted by Gasteiger charge is -2.16. The van der Waals surface area contributed by atoms with Crippen LogP contribution in [0.4, 0.5) is 0 Å². The van der Waals surface area contributed by atoms with Gasteiger partial charge in [0.2, 0.25) is 0 Å². The van der Waals surface area contributed by atoms with Gasteiger partial charge < -0.3 is 52.1 Å². The highest BCUT2D eigenvalue weighted by Gasteiger charge is 2.14. The summed E-state index contributed by atoms with van der Waals surface area (Å²) in [6.45, 7) is 5.93. The summed E-state index contributed by atoms with van der Waals surface area (Å²) in [5.74, 6) is 0.353. The lowest BCUT2D eigenvalue weighted by Crippen LogP contribution is -2.06. The van der Waals surface area contributed by atoms with Gasteiger partial charge in [0, 0.05) is 23.8 Å². The Labute approximate surface area is 445 Å². The highest BCUT2D eigenvalue weighted by Crippen LogP contribution is 2.31. The molecule has 0 radical (unpaired) electrons. The highest BCUT2D eigenvalue weighted by atomic mass is 16.5. The maximum absolute atomic E-state index is 12.5. The maximum atomic E-state index is 12.5. The predicted octanol–water partition coefficient (Wildman–Crippen LogP) is 10.9. The molecule has 0 aliphatic rings. The first kappa shape index (κ1) is 55.2. The molecule has 0 aliphatic heterocycles. The van der Waals surface area contributed by atoms with Crippen molar-refractivity contribution in [3.63, 3.8) is 0 Å². The van der Waals surface area contributed by atoms with Crippen LogP contribution in [0.15, 0.2) is 164 Å². The average Bonchev–Trinajstić information content (AvgIpc) is 3.47. The molecule has 0 bridgehead atoms. The molecule has 7 rings (SSSR count). The Morgan fingerprint density at radius 2 is 0.519 bits per heavy atom. The molecule has 77 heavy (non-hydrogen) atoms. The molecule has 0 spiro atoms. The molecular formula is C61H56O16. The summed E-state index contributed by atoms with van der Waals surface area (Å²) in [5, 5.41) is 0. The van der Waals surface area contributed by atoms with Crippen LogP contribution in [0.25, 0.3) is 0 Å². The van der Waals surface area contributed by atoms with Crippen molar-refractivity contribution in [1.82, 2.24) is 0 Å². The average molecular weight is 1050 g/mol. The molecule has 396 valence electrons. The van der Waals surface area contributed by atoms with Crippen LogP contribution in [0.5, 0.6) is 34.5 Å². The molecule has 0 atom stereocenters. The third-order valence-corrected chi connectivity index (χ3v) is 11.5. The minimum atomic E-state index is -0.565. The molecule has 0 aromatic heterocycles. The van der Waals surface area contributed by atoms with E-state index in [4.69, 9.17) is 52.1 Å². The number of carbonyl (C=O) groups excluding carboxylic acids is 5. The van der Waals surface area contributed by atoms with Crippen LogP contribution in [0.1, 0.15) is 87.3 Å². The van der Waals surface area contributed by atoms with E-state index in [2.05, 4.69) is 6.58 Å². The van der Waals surface area contributed by atoms with Crippen molar-refractivity contribution in [3.8, 4) is 34.5 Å². The Morgan fingerprint density at radius 3 is 0.727 bits per heavy atom. The number of benzene rings is 7. The van der Waals surface area contributed by atoms with Gasteiger partial charge in [0.05, 0.1) is 50.7 Å². The van der Waals surface area contributed by atoms with Crippen LogP contribution in [0, 0.1) is 0 Å². The first-order chi connectivity index (χ1) is 37.3. The van der Waals surface area contributed by atoms with Crippen LogP contribution in [-0.2, 0) is 74.7 Å². The van der Waals surface area contributed by atoms with Crippen LogP contribution < -0.4 is 28.4 Å². The van der Waals surface area contributed by atoms with Crippen LogP contribution in [-0.4, -0.2) is 58.3 Å². The van der Waals surface area contributed by atoms with E-state index in [-0.39, 0.29) is 51.8 Å². The molecule has 0 heterocycles. The van der Waals surface area contributed by atoms with Crippen molar-refractivity contribution in [2.45, 2.75) is 53.2 Å². The predicted molar refractivity (Wildman–Crippen MR) is 281 cm³/mol. The second kappa shape index (κ2) is 27.1. The molecule has 0 saturated heterocycles. The van der Waals surface area contributed by atoms with Gasteiger partial charge >= 0.3 is 29.8 Å². The van der Waals surface area contributed by atoms with E-state index in [9.17, 15) is 24.0 Å². The van der Waals surface area contributed by atoms with E-state index >= 15 is 0 Å². The Balaban J connectivity index is 1.11. The molecule has 0 N–H and O–H groups in total. The molecule has 0 aliphatic carbocycles. The Morgan fingerprint density at radius 1 is 0.312 bits per heavy atom. The molecule has 0 fully saturated rings. The van der Waals surface area contributed by atoms with Crippen molar-refractivity contribution in [3.05, 3.63) is 225 Å². The van der Waals surface area contributed by atoms with Gasteiger partial charge in [0.25, 0.3) is 0 Å². The summed E-state index contributed by atoms with van der Waals surface area (Å²) in [6.07, 6.45) is 0. The molecular weight excluding hydrogens is 989 g/mol. The van der Waals surface area contributed by atoms with Crippen LogP contribution in [0.2, 0.25) is 0 Å². The fourth-order valence-corrected chi connectivity index (χ4v) is 7.33. The maximum Gasteiger partial charge on any atom is 0.337 e. The molecule has 7 aromatic rings. The largest absolute Gasteiger partial charge is 0.489 e. The summed E-state index contributed by atoms with van der Waals surface area (Å²) in [4.78, 5) is 60.6. The minimum absolute atomic E-state index is 0.0422. The van der Waals surface area contributed by atoms with Gasteiger partial charge in [0.1, 0.15) is 80.7 Å². The van der Waals surface area contributed by atoms with Crippen molar-refractivity contribution in [2.75, 3.05) is 28.4 Å². The molecule has 0 amide bonds. The van der Waals surface area contributed by atoms with Crippen molar-refractivity contribution >= 4 is 29.8 Å². The summed E-state index contributed by atoms with van der Waals surface area (Å²) < 4.78 is 62.6. The lowest BCUT2D eigenvalue weighted by atomic mass is 10.1. The van der Waals surface area contributed by atoms with Crippen molar-refractivity contribution < 1.29 is 76.1 Å². The van der Waals surface area contributed by atoms with Gasteiger partial charge in [-0.15, -0.1) is 0 Å². The van der Waals surface area contributed by atoms with Gasteiger partial charge in [-0.05, 0) is 131 Å². The molecule has 0 unspecified atom stereocenters. The SMILES string of the molecule is C=C(C)C(=O)OCc1cc(OCc2cc(OCc3ccc(C(=O)OC)cc3)cc(OCc3ccc(C(=O)OC)cc3)c2)cc(OCc2cc(OCc3ccc(C(=O)OC)cc3)cc(OCc3ccc(C(=O)OC)cc3)c2)c1. The van der Waals surface area contributed by atoms with Gasteiger partial charge in [0.15, 0.2) is 0 Å². The monoisotopic (exact) mass is 1040 g/mol. The molecule has 16 heteroatoms. The minimum Gasteiger partial charge on any atom is -0.489 e. The summed E-state index contributed by atoms with van der Waals surface area (Å²) >= 11 is 0. The van der Waals surface area contributed by atoms with E-state index in [1.807, 2.05) is 24.3 Å². The highest BCUT2D eigenvalue weighted by molar-refractivity contribution is 5.91. The first-order valence-electron chi connectivity index (χ1n) is 24.0. The van der Waals surface area contributed by atoms with Crippen molar-refractivity contribution in [2.24, 2.45) is 0 Å². The number of esters is 5. The third kappa shape index (κ3) is 16.5. The van der Waals surface area contributed by atoms with Crippen molar-refractivity contribution in [1.29, 1.82) is 0 Å². The normalized spacial score (nSPS) is 10.6.